The second-order valence-corrected chi connectivity index (χ2v) is 5.70. The van der Waals surface area contributed by atoms with E-state index in [9.17, 15) is 9.50 Å². The molecule has 3 rings (SSSR count). The van der Waals surface area contributed by atoms with Gasteiger partial charge in [-0.05, 0) is 49.1 Å². The number of aliphatic hydroxyl groups is 1. The lowest BCUT2D eigenvalue weighted by molar-refractivity contribution is 0.135. The SMILES string of the molecule is OC(CNC1CC(c2ccccc2F)C1)C1CC1. The smallest absolute Gasteiger partial charge is 0.126 e. The van der Waals surface area contributed by atoms with Crippen LogP contribution in [0.4, 0.5) is 4.39 Å². The summed E-state index contributed by atoms with van der Waals surface area (Å²) in [6.45, 7) is 0.694. The first kappa shape index (κ1) is 12.1. The Hall–Kier alpha value is -0.930. The predicted molar refractivity (Wildman–Crippen MR) is 68.9 cm³/mol. The van der Waals surface area contributed by atoms with E-state index in [2.05, 4.69) is 5.32 Å². The first-order valence-corrected chi connectivity index (χ1v) is 6.90. The van der Waals surface area contributed by atoms with Gasteiger partial charge in [-0.25, -0.2) is 4.39 Å². The van der Waals surface area contributed by atoms with Crippen LogP contribution >= 0.6 is 0 Å². The van der Waals surface area contributed by atoms with Gasteiger partial charge in [0.25, 0.3) is 0 Å². The molecule has 0 radical (unpaired) electrons. The molecule has 1 aromatic carbocycles. The highest BCUT2D eigenvalue weighted by Crippen LogP contribution is 2.38. The van der Waals surface area contributed by atoms with Gasteiger partial charge in [0.1, 0.15) is 5.82 Å². The average molecular weight is 249 g/mol. The van der Waals surface area contributed by atoms with E-state index in [4.69, 9.17) is 0 Å². The molecule has 98 valence electrons. The van der Waals surface area contributed by atoms with Crippen LogP contribution in [0.5, 0.6) is 0 Å². The molecule has 1 aromatic rings. The third kappa shape index (κ3) is 2.57. The number of nitrogens with one attached hydrogen (secondary N) is 1. The van der Waals surface area contributed by atoms with Crippen LogP contribution in [0.2, 0.25) is 0 Å². The Kier molecular flexibility index (Phi) is 3.35. The van der Waals surface area contributed by atoms with E-state index in [0.717, 1.165) is 18.4 Å². The van der Waals surface area contributed by atoms with Crippen LogP contribution in [-0.4, -0.2) is 23.8 Å². The van der Waals surface area contributed by atoms with E-state index in [-0.39, 0.29) is 11.9 Å². The molecular weight excluding hydrogens is 229 g/mol. The summed E-state index contributed by atoms with van der Waals surface area (Å²) in [5.74, 6) is 0.792. The minimum absolute atomic E-state index is 0.0843. The van der Waals surface area contributed by atoms with Crippen molar-refractivity contribution in [3.63, 3.8) is 0 Å². The summed E-state index contributed by atoms with van der Waals surface area (Å²) in [6, 6.07) is 7.50. The van der Waals surface area contributed by atoms with E-state index < -0.39 is 0 Å². The lowest BCUT2D eigenvalue weighted by Gasteiger charge is -2.37. The van der Waals surface area contributed by atoms with Crippen molar-refractivity contribution in [2.75, 3.05) is 6.54 Å². The Bertz CT molecular complexity index is 413. The Morgan fingerprint density at radius 2 is 2.00 bits per heavy atom. The molecule has 0 heterocycles. The summed E-state index contributed by atoms with van der Waals surface area (Å²) >= 11 is 0. The quantitative estimate of drug-likeness (QED) is 0.840. The van der Waals surface area contributed by atoms with E-state index in [1.54, 1.807) is 6.07 Å². The molecule has 2 nitrogen and oxygen atoms in total. The first-order valence-electron chi connectivity index (χ1n) is 6.90. The number of benzene rings is 1. The second-order valence-electron chi connectivity index (χ2n) is 5.70. The number of aliphatic hydroxyl groups excluding tert-OH is 1. The minimum atomic E-state index is -0.183. The Morgan fingerprint density at radius 3 is 2.67 bits per heavy atom. The third-order valence-corrected chi connectivity index (χ3v) is 4.26. The summed E-state index contributed by atoms with van der Waals surface area (Å²) in [7, 11) is 0. The van der Waals surface area contributed by atoms with Crippen LogP contribution < -0.4 is 5.32 Å². The van der Waals surface area contributed by atoms with Crippen molar-refractivity contribution in [1.29, 1.82) is 0 Å². The van der Waals surface area contributed by atoms with E-state index in [1.807, 2.05) is 12.1 Å². The third-order valence-electron chi connectivity index (χ3n) is 4.26. The zero-order valence-corrected chi connectivity index (χ0v) is 10.5. The van der Waals surface area contributed by atoms with Gasteiger partial charge in [0.15, 0.2) is 0 Å². The van der Waals surface area contributed by atoms with Gasteiger partial charge in [-0.2, -0.15) is 0 Å². The molecule has 18 heavy (non-hydrogen) atoms. The van der Waals surface area contributed by atoms with Crippen LogP contribution in [0.1, 0.15) is 37.2 Å². The van der Waals surface area contributed by atoms with E-state index >= 15 is 0 Å². The van der Waals surface area contributed by atoms with Crippen molar-refractivity contribution in [3.05, 3.63) is 35.6 Å². The summed E-state index contributed by atoms with van der Waals surface area (Å²) in [4.78, 5) is 0. The molecule has 0 amide bonds. The number of hydrogen-bond donors (Lipinski definition) is 2. The lowest BCUT2D eigenvalue weighted by Crippen LogP contribution is -2.44. The van der Waals surface area contributed by atoms with Crippen molar-refractivity contribution in [1.82, 2.24) is 5.32 Å². The molecular formula is C15H20FNO. The first-order chi connectivity index (χ1) is 8.74. The molecule has 3 heteroatoms. The van der Waals surface area contributed by atoms with Gasteiger partial charge < -0.3 is 10.4 Å². The van der Waals surface area contributed by atoms with Gasteiger partial charge in [-0.3, -0.25) is 0 Å². The van der Waals surface area contributed by atoms with Gasteiger partial charge in [-0.15, -0.1) is 0 Å². The van der Waals surface area contributed by atoms with Gasteiger partial charge >= 0.3 is 0 Å². The van der Waals surface area contributed by atoms with Crippen LogP contribution in [0.15, 0.2) is 24.3 Å². The van der Waals surface area contributed by atoms with Crippen LogP contribution in [0.25, 0.3) is 0 Å². The fourth-order valence-electron chi connectivity index (χ4n) is 2.78. The fourth-order valence-corrected chi connectivity index (χ4v) is 2.78. The van der Waals surface area contributed by atoms with Crippen molar-refractivity contribution in [2.24, 2.45) is 5.92 Å². The zero-order chi connectivity index (χ0) is 12.5. The maximum absolute atomic E-state index is 13.6. The Labute approximate surface area is 107 Å². The molecule has 1 unspecified atom stereocenters. The van der Waals surface area contributed by atoms with E-state index in [0.29, 0.717) is 24.4 Å². The Balaban J connectivity index is 1.44. The Morgan fingerprint density at radius 1 is 1.28 bits per heavy atom. The van der Waals surface area contributed by atoms with Crippen molar-refractivity contribution in [2.45, 2.75) is 43.7 Å². The number of hydrogen-bond acceptors (Lipinski definition) is 2. The largest absolute Gasteiger partial charge is 0.392 e. The summed E-state index contributed by atoms with van der Waals surface area (Å²) in [5, 5.41) is 13.1. The average Bonchev–Trinajstić information content (AvgIpc) is 3.12. The lowest BCUT2D eigenvalue weighted by atomic mass is 9.75. The predicted octanol–water partition coefficient (Wildman–Crippen LogP) is 2.43. The van der Waals surface area contributed by atoms with Crippen LogP contribution in [0.3, 0.4) is 0 Å². The van der Waals surface area contributed by atoms with Crippen molar-refractivity contribution < 1.29 is 9.50 Å². The molecule has 0 saturated heterocycles. The molecule has 2 fully saturated rings. The molecule has 2 aliphatic rings. The topological polar surface area (TPSA) is 32.3 Å². The van der Waals surface area contributed by atoms with Gasteiger partial charge in [0.05, 0.1) is 6.10 Å². The fraction of sp³-hybridized carbons (Fsp3) is 0.600. The van der Waals surface area contributed by atoms with Gasteiger partial charge in [0, 0.05) is 12.6 Å². The maximum atomic E-state index is 13.6. The molecule has 2 N–H and O–H groups in total. The van der Waals surface area contributed by atoms with Gasteiger partial charge in [0.2, 0.25) is 0 Å². The maximum Gasteiger partial charge on any atom is 0.126 e. The second kappa shape index (κ2) is 4.98. The summed E-state index contributed by atoms with van der Waals surface area (Å²) in [5.41, 5.74) is 0.846. The van der Waals surface area contributed by atoms with E-state index in [1.165, 1.54) is 18.9 Å². The van der Waals surface area contributed by atoms with Gasteiger partial charge in [-0.1, -0.05) is 18.2 Å². The standard InChI is InChI=1S/C15H20FNO/c16-14-4-2-1-3-13(14)11-7-12(8-11)17-9-15(18)10-5-6-10/h1-4,10-12,15,17-18H,5-9H2. The normalized spacial score (nSPS) is 28.8. The molecule has 0 spiro atoms. The molecule has 2 aliphatic carbocycles. The molecule has 2 saturated carbocycles. The van der Waals surface area contributed by atoms with Crippen molar-refractivity contribution >= 4 is 0 Å². The zero-order valence-electron chi connectivity index (χ0n) is 10.5. The molecule has 0 aromatic heterocycles. The van der Waals surface area contributed by atoms with Crippen molar-refractivity contribution in [3.8, 4) is 0 Å². The molecule has 1 atom stereocenters. The summed E-state index contributed by atoms with van der Waals surface area (Å²) in [6.07, 6.45) is 4.13. The summed E-state index contributed by atoms with van der Waals surface area (Å²) < 4.78 is 13.6. The van der Waals surface area contributed by atoms with Crippen LogP contribution in [-0.2, 0) is 0 Å². The van der Waals surface area contributed by atoms with Crippen LogP contribution in [0, 0.1) is 11.7 Å². The molecule has 0 bridgehead atoms. The molecule has 0 aliphatic heterocycles. The number of halogens is 1. The highest BCUT2D eigenvalue weighted by Gasteiger charge is 2.34. The highest BCUT2D eigenvalue weighted by atomic mass is 19.1. The minimum Gasteiger partial charge on any atom is -0.392 e. The highest BCUT2D eigenvalue weighted by molar-refractivity contribution is 5.24. The monoisotopic (exact) mass is 249 g/mol. The number of rotatable bonds is 5.